The van der Waals surface area contributed by atoms with E-state index in [2.05, 4.69) is 6.08 Å². The van der Waals surface area contributed by atoms with Crippen LogP contribution >= 0.6 is 0 Å². The number of aromatic nitrogens is 1. The molecular weight excluding hydrogens is 429 g/mol. The number of hydrogen-bond donors (Lipinski definition) is 0. The van der Waals surface area contributed by atoms with Crippen LogP contribution in [-0.4, -0.2) is 18.9 Å². The molecule has 0 saturated heterocycles. The summed E-state index contributed by atoms with van der Waals surface area (Å²) < 4.78 is 31.9. The Labute approximate surface area is 201 Å². The average Bonchev–Trinajstić information content (AvgIpc) is 2.88. The Morgan fingerprint density at radius 1 is 0.971 bits per heavy atom. The molecule has 0 radical (unpaired) electrons. The van der Waals surface area contributed by atoms with E-state index >= 15 is 4.39 Å². The van der Waals surface area contributed by atoms with E-state index in [1.165, 1.54) is 12.0 Å². The second-order valence-corrected chi connectivity index (χ2v) is 8.74. The Kier molecular flexibility index (Phi) is 7.96. The lowest BCUT2D eigenvalue weighted by Crippen LogP contribution is -2.08. The summed E-state index contributed by atoms with van der Waals surface area (Å²) in [5.74, 6) is 0.696. The van der Waals surface area contributed by atoms with E-state index in [4.69, 9.17) is 19.2 Å². The lowest BCUT2D eigenvalue weighted by Gasteiger charge is -2.18. The van der Waals surface area contributed by atoms with Crippen LogP contribution in [0.15, 0.2) is 54.6 Å². The third-order valence-electron chi connectivity index (χ3n) is 6.26. The summed E-state index contributed by atoms with van der Waals surface area (Å²) in [5.41, 5.74) is 6.49. The molecule has 0 bridgehead atoms. The van der Waals surface area contributed by atoms with Crippen LogP contribution in [0.5, 0.6) is 11.5 Å². The highest BCUT2D eigenvalue weighted by atomic mass is 19.1. The lowest BCUT2D eigenvalue weighted by atomic mass is 9.94. The second kappa shape index (κ2) is 11.3. The molecule has 4 nitrogen and oxygen atoms in total. The fourth-order valence-corrected chi connectivity index (χ4v) is 4.36. The van der Waals surface area contributed by atoms with Crippen LogP contribution in [0.25, 0.3) is 5.57 Å². The number of halogens is 1. The molecule has 0 spiro atoms. The molecule has 178 valence electrons. The minimum atomic E-state index is -0.313. The highest BCUT2D eigenvalue weighted by Crippen LogP contribution is 2.33. The summed E-state index contributed by atoms with van der Waals surface area (Å²) in [7, 11) is 1.61. The average molecular weight is 462 g/mol. The van der Waals surface area contributed by atoms with Gasteiger partial charge in [-0.1, -0.05) is 36.4 Å². The van der Waals surface area contributed by atoms with Crippen molar-refractivity contribution in [1.29, 1.82) is 0 Å². The first-order valence-corrected chi connectivity index (χ1v) is 11.8. The van der Waals surface area contributed by atoms with Gasteiger partial charge in [0.2, 0.25) is 0 Å². The standard InChI is InChI=1S/C29H32FNO3/c1-20-16-27(33-18-22-10-6-4-7-11-22)28(30)21(2)25(20)17-24-14-15-26(34-19-32-3)29(31-24)23-12-8-5-9-13-23/h4,6-7,10-12,14-16H,5,8-9,13,17-19H2,1-3H3. The first kappa shape index (κ1) is 24.0. The summed E-state index contributed by atoms with van der Waals surface area (Å²) in [5, 5.41) is 0. The van der Waals surface area contributed by atoms with Gasteiger partial charge in [0.05, 0.1) is 0 Å². The molecule has 5 heteroatoms. The van der Waals surface area contributed by atoms with Crippen molar-refractivity contribution in [2.24, 2.45) is 0 Å². The number of hydrogen-bond acceptors (Lipinski definition) is 4. The van der Waals surface area contributed by atoms with Gasteiger partial charge in [-0.15, -0.1) is 0 Å². The Morgan fingerprint density at radius 3 is 2.53 bits per heavy atom. The maximum Gasteiger partial charge on any atom is 0.188 e. The fraction of sp³-hybridized carbons (Fsp3) is 0.345. The number of ether oxygens (including phenoxy) is 3. The van der Waals surface area contributed by atoms with Crippen molar-refractivity contribution < 1.29 is 18.6 Å². The summed E-state index contributed by atoms with van der Waals surface area (Å²) in [6.45, 7) is 4.32. The Balaban J connectivity index is 1.59. The summed E-state index contributed by atoms with van der Waals surface area (Å²) in [6, 6.07) is 15.5. The van der Waals surface area contributed by atoms with Crippen molar-refractivity contribution in [3.05, 3.63) is 94.1 Å². The normalized spacial score (nSPS) is 13.5. The highest BCUT2D eigenvalue weighted by molar-refractivity contribution is 5.68. The predicted octanol–water partition coefficient (Wildman–Crippen LogP) is 6.95. The predicted molar refractivity (Wildman–Crippen MR) is 133 cm³/mol. The molecule has 0 unspecified atom stereocenters. The quantitative estimate of drug-likeness (QED) is 0.323. The van der Waals surface area contributed by atoms with Gasteiger partial charge in [-0.3, -0.25) is 0 Å². The first-order valence-electron chi connectivity index (χ1n) is 11.8. The van der Waals surface area contributed by atoms with E-state index < -0.39 is 0 Å². The van der Waals surface area contributed by atoms with E-state index in [0.717, 1.165) is 53.1 Å². The van der Waals surface area contributed by atoms with Gasteiger partial charge in [0.15, 0.2) is 18.4 Å². The Hall–Kier alpha value is -3.18. The minimum absolute atomic E-state index is 0.176. The molecule has 1 aliphatic rings. The molecule has 0 amide bonds. The molecule has 2 aromatic carbocycles. The van der Waals surface area contributed by atoms with E-state index in [1.54, 1.807) is 13.2 Å². The summed E-state index contributed by atoms with van der Waals surface area (Å²) in [6.07, 6.45) is 7.19. The van der Waals surface area contributed by atoms with E-state index in [9.17, 15) is 0 Å². The topological polar surface area (TPSA) is 40.6 Å². The zero-order valence-electron chi connectivity index (χ0n) is 20.2. The van der Waals surface area contributed by atoms with Gasteiger partial charge in [-0.25, -0.2) is 9.37 Å². The third kappa shape index (κ3) is 5.65. The monoisotopic (exact) mass is 461 g/mol. The molecule has 0 saturated carbocycles. The van der Waals surface area contributed by atoms with Gasteiger partial charge in [0.1, 0.15) is 18.1 Å². The van der Waals surface area contributed by atoms with Crippen LogP contribution in [0.2, 0.25) is 0 Å². The second-order valence-electron chi connectivity index (χ2n) is 8.74. The zero-order chi connectivity index (χ0) is 23.9. The number of methoxy groups -OCH3 is 1. The number of pyridine rings is 1. The minimum Gasteiger partial charge on any atom is -0.486 e. The Bertz CT molecular complexity index is 1160. The largest absolute Gasteiger partial charge is 0.486 e. The molecule has 4 rings (SSSR count). The summed E-state index contributed by atoms with van der Waals surface area (Å²) >= 11 is 0. The number of nitrogens with zero attached hydrogens (tertiary/aromatic N) is 1. The van der Waals surface area contributed by atoms with E-state index in [1.807, 2.05) is 56.3 Å². The smallest absolute Gasteiger partial charge is 0.188 e. The Morgan fingerprint density at radius 2 is 1.79 bits per heavy atom. The van der Waals surface area contributed by atoms with Gasteiger partial charge in [0, 0.05) is 19.2 Å². The van der Waals surface area contributed by atoms with Crippen molar-refractivity contribution in [1.82, 2.24) is 4.98 Å². The molecule has 0 aliphatic heterocycles. The highest BCUT2D eigenvalue weighted by Gasteiger charge is 2.18. The number of benzene rings is 2. The van der Waals surface area contributed by atoms with Gasteiger partial charge in [-0.2, -0.15) is 0 Å². The maximum atomic E-state index is 15.2. The molecule has 1 heterocycles. The molecule has 0 fully saturated rings. The SMILES string of the molecule is COCOc1ccc(Cc2c(C)cc(OCc3ccccc3)c(F)c2C)nc1C1=CCCCC1. The van der Waals surface area contributed by atoms with Crippen LogP contribution in [-0.2, 0) is 17.8 Å². The van der Waals surface area contributed by atoms with Crippen molar-refractivity contribution >= 4 is 5.57 Å². The zero-order valence-corrected chi connectivity index (χ0v) is 20.2. The first-order chi connectivity index (χ1) is 16.6. The number of allylic oxidation sites excluding steroid dienone is 2. The van der Waals surface area contributed by atoms with Crippen LogP contribution in [0.1, 0.15) is 59.3 Å². The molecule has 1 aromatic heterocycles. The van der Waals surface area contributed by atoms with Crippen molar-refractivity contribution in [3.8, 4) is 11.5 Å². The molecular formula is C29H32FNO3. The fourth-order valence-electron chi connectivity index (χ4n) is 4.36. The third-order valence-corrected chi connectivity index (χ3v) is 6.26. The number of aryl methyl sites for hydroxylation is 1. The summed E-state index contributed by atoms with van der Waals surface area (Å²) in [4.78, 5) is 4.95. The molecule has 0 N–H and O–H groups in total. The molecule has 1 aliphatic carbocycles. The van der Waals surface area contributed by atoms with Crippen LogP contribution in [0.3, 0.4) is 0 Å². The van der Waals surface area contributed by atoms with Crippen molar-refractivity contribution in [3.63, 3.8) is 0 Å². The van der Waals surface area contributed by atoms with Gasteiger partial charge < -0.3 is 14.2 Å². The van der Waals surface area contributed by atoms with Crippen molar-refractivity contribution in [2.75, 3.05) is 13.9 Å². The maximum absolute atomic E-state index is 15.2. The van der Waals surface area contributed by atoms with Gasteiger partial charge in [-0.05, 0) is 85.6 Å². The van der Waals surface area contributed by atoms with Crippen molar-refractivity contribution in [2.45, 2.75) is 52.6 Å². The van der Waals surface area contributed by atoms with Crippen LogP contribution < -0.4 is 9.47 Å². The van der Waals surface area contributed by atoms with Gasteiger partial charge in [0.25, 0.3) is 0 Å². The van der Waals surface area contributed by atoms with Crippen LogP contribution in [0, 0.1) is 19.7 Å². The number of rotatable bonds is 9. The van der Waals surface area contributed by atoms with Crippen LogP contribution in [0.4, 0.5) is 4.39 Å². The van der Waals surface area contributed by atoms with E-state index in [-0.39, 0.29) is 18.4 Å². The molecule has 0 atom stereocenters. The van der Waals surface area contributed by atoms with Gasteiger partial charge >= 0.3 is 0 Å². The lowest BCUT2D eigenvalue weighted by molar-refractivity contribution is 0.0506. The van der Waals surface area contributed by atoms with E-state index in [0.29, 0.717) is 18.6 Å². The molecule has 3 aromatic rings. The molecule has 34 heavy (non-hydrogen) atoms.